The lowest BCUT2D eigenvalue weighted by molar-refractivity contribution is 0.602. The Morgan fingerprint density at radius 1 is 1.03 bits per heavy atom. The third-order valence-corrected chi connectivity index (χ3v) is 5.31. The Morgan fingerprint density at radius 3 is 2.55 bits per heavy atom. The molecule has 0 bridgehead atoms. The summed E-state index contributed by atoms with van der Waals surface area (Å²) in [6.07, 6.45) is 3.73. The van der Waals surface area contributed by atoms with Crippen LogP contribution in [0.5, 0.6) is 0 Å². The molecule has 0 spiro atoms. The van der Waals surface area contributed by atoms with E-state index in [-0.39, 0.29) is 5.82 Å². The van der Waals surface area contributed by atoms with Crippen molar-refractivity contribution in [2.45, 2.75) is 6.54 Å². The summed E-state index contributed by atoms with van der Waals surface area (Å²) >= 11 is 12.3. The lowest BCUT2D eigenvalue weighted by Gasteiger charge is -2.06. The molecule has 0 aliphatic rings. The first-order valence-electron chi connectivity index (χ1n) is 8.95. The van der Waals surface area contributed by atoms with Crippen LogP contribution < -0.4 is 0 Å². The number of allylic oxidation sites excluding steroid dienone is 1. The largest absolute Gasteiger partial charge is 0.342 e. The number of aromatic nitrogens is 1. The normalized spacial score (nSPS) is 11.6. The molecule has 0 aliphatic carbocycles. The van der Waals surface area contributed by atoms with Crippen LogP contribution in [0.25, 0.3) is 22.6 Å². The van der Waals surface area contributed by atoms with Gasteiger partial charge in [0.05, 0.1) is 23.2 Å². The molecule has 4 rings (SSSR count). The molecule has 1 aromatic heterocycles. The van der Waals surface area contributed by atoms with Crippen molar-refractivity contribution in [1.29, 1.82) is 5.26 Å². The van der Waals surface area contributed by atoms with Crippen molar-refractivity contribution in [2.24, 2.45) is 0 Å². The molecule has 4 aromatic rings. The van der Waals surface area contributed by atoms with Crippen LogP contribution in [0.3, 0.4) is 0 Å². The van der Waals surface area contributed by atoms with Crippen molar-refractivity contribution in [2.75, 3.05) is 0 Å². The quantitative estimate of drug-likeness (QED) is 0.320. The maximum Gasteiger partial charge on any atom is 0.128 e. The molecule has 0 unspecified atom stereocenters. The Bertz CT molecular complexity index is 1280. The maximum absolute atomic E-state index is 14.2. The molecule has 2 nitrogen and oxygen atoms in total. The van der Waals surface area contributed by atoms with Crippen LogP contribution in [0.15, 0.2) is 72.9 Å². The highest BCUT2D eigenvalue weighted by Gasteiger charge is 2.12. The molecular weight excluding hydrogens is 406 g/mol. The minimum atomic E-state index is -0.243. The molecule has 0 fully saturated rings. The van der Waals surface area contributed by atoms with Gasteiger partial charge in [0.2, 0.25) is 0 Å². The summed E-state index contributed by atoms with van der Waals surface area (Å²) in [5.74, 6) is -0.243. The van der Waals surface area contributed by atoms with Crippen LogP contribution >= 0.6 is 23.2 Å². The zero-order valence-corrected chi connectivity index (χ0v) is 16.8. The summed E-state index contributed by atoms with van der Waals surface area (Å²) in [6.45, 7) is 0.393. The highest BCUT2D eigenvalue weighted by atomic mass is 35.5. The smallest absolute Gasteiger partial charge is 0.128 e. The van der Waals surface area contributed by atoms with Crippen LogP contribution in [-0.2, 0) is 6.54 Å². The van der Waals surface area contributed by atoms with Gasteiger partial charge in [0.25, 0.3) is 0 Å². The van der Waals surface area contributed by atoms with Gasteiger partial charge < -0.3 is 4.57 Å². The molecule has 0 aliphatic heterocycles. The fourth-order valence-corrected chi connectivity index (χ4v) is 3.88. The van der Waals surface area contributed by atoms with Gasteiger partial charge in [0.15, 0.2) is 0 Å². The summed E-state index contributed by atoms with van der Waals surface area (Å²) in [5, 5.41) is 11.6. The Hall–Kier alpha value is -3.06. The zero-order valence-electron chi connectivity index (χ0n) is 15.2. The number of halogens is 3. The van der Waals surface area contributed by atoms with Gasteiger partial charge in [0, 0.05) is 38.8 Å². The van der Waals surface area contributed by atoms with E-state index in [1.165, 1.54) is 6.07 Å². The molecule has 3 aromatic carbocycles. The van der Waals surface area contributed by atoms with Crippen LogP contribution in [0.2, 0.25) is 10.0 Å². The molecule has 5 heteroatoms. The van der Waals surface area contributed by atoms with Gasteiger partial charge in [-0.15, -0.1) is 0 Å². The second kappa shape index (κ2) is 8.13. The average Bonchev–Trinajstić information content (AvgIpc) is 3.06. The monoisotopic (exact) mass is 420 g/mol. The lowest BCUT2D eigenvalue weighted by Crippen LogP contribution is -2.00. The number of nitriles is 1. The van der Waals surface area contributed by atoms with Gasteiger partial charge in [0.1, 0.15) is 5.82 Å². The van der Waals surface area contributed by atoms with Crippen molar-refractivity contribution in [3.05, 3.63) is 105 Å². The van der Waals surface area contributed by atoms with E-state index in [4.69, 9.17) is 23.2 Å². The Balaban J connectivity index is 1.83. The molecular formula is C24H15Cl2FN2. The first-order valence-corrected chi connectivity index (χ1v) is 9.71. The first kappa shape index (κ1) is 19.3. The zero-order chi connectivity index (χ0) is 20.4. The summed E-state index contributed by atoms with van der Waals surface area (Å²) in [4.78, 5) is 0. The molecule has 1 heterocycles. The van der Waals surface area contributed by atoms with Crippen molar-refractivity contribution in [3.8, 4) is 6.07 Å². The number of fused-ring (bicyclic) bond motifs is 1. The standard InChI is InChI=1S/C24H15Cl2FN2/c25-19-9-10-20(22(26)12-19)17(13-28)11-18-15-29(24-8-4-2-6-21(18)24)14-16-5-1-3-7-23(16)27/h1-12,15H,14H2/b17-11+. The lowest BCUT2D eigenvalue weighted by atomic mass is 10.0. The summed E-state index contributed by atoms with van der Waals surface area (Å²) < 4.78 is 16.1. The van der Waals surface area contributed by atoms with Gasteiger partial charge in [-0.25, -0.2) is 4.39 Å². The van der Waals surface area contributed by atoms with E-state index in [0.717, 1.165) is 16.5 Å². The molecule has 0 N–H and O–H groups in total. The fourth-order valence-electron chi connectivity index (χ4n) is 3.36. The van der Waals surface area contributed by atoms with E-state index in [1.54, 1.807) is 36.4 Å². The summed E-state index contributed by atoms with van der Waals surface area (Å²) in [7, 11) is 0. The summed E-state index contributed by atoms with van der Waals surface area (Å²) in [6, 6.07) is 21.8. The van der Waals surface area contributed by atoms with Gasteiger partial charge >= 0.3 is 0 Å². The molecule has 0 amide bonds. The average molecular weight is 421 g/mol. The van der Waals surface area contributed by atoms with Gasteiger partial charge in [-0.2, -0.15) is 5.26 Å². The Labute approximate surface area is 178 Å². The minimum Gasteiger partial charge on any atom is -0.342 e. The van der Waals surface area contributed by atoms with E-state index in [0.29, 0.717) is 33.3 Å². The van der Waals surface area contributed by atoms with E-state index in [9.17, 15) is 9.65 Å². The SMILES string of the molecule is N#C/C(=C\c1cn(Cc2ccccc2F)c2ccccc12)c1ccc(Cl)cc1Cl. The predicted octanol–water partition coefficient (Wildman–Crippen LogP) is 7.20. The first-order chi connectivity index (χ1) is 14.1. The molecule has 0 saturated heterocycles. The number of hydrogen-bond acceptors (Lipinski definition) is 1. The van der Waals surface area contributed by atoms with E-state index < -0.39 is 0 Å². The van der Waals surface area contributed by atoms with Gasteiger partial charge in [-0.1, -0.05) is 65.7 Å². The predicted molar refractivity (Wildman–Crippen MR) is 117 cm³/mol. The van der Waals surface area contributed by atoms with Crippen molar-refractivity contribution >= 4 is 45.8 Å². The Morgan fingerprint density at radius 2 is 1.79 bits per heavy atom. The van der Waals surface area contributed by atoms with Gasteiger partial charge in [-0.05, 0) is 30.3 Å². The van der Waals surface area contributed by atoms with Crippen molar-refractivity contribution < 1.29 is 4.39 Å². The second-order valence-corrected chi connectivity index (χ2v) is 7.46. The highest BCUT2D eigenvalue weighted by Crippen LogP contribution is 2.31. The van der Waals surface area contributed by atoms with Crippen molar-refractivity contribution in [1.82, 2.24) is 4.57 Å². The molecule has 29 heavy (non-hydrogen) atoms. The number of para-hydroxylation sites is 1. The van der Waals surface area contributed by atoms with E-state index in [1.807, 2.05) is 41.1 Å². The number of nitrogens with zero attached hydrogens (tertiary/aromatic N) is 2. The minimum absolute atomic E-state index is 0.243. The number of benzene rings is 3. The fraction of sp³-hybridized carbons (Fsp3) is 0.0417. The van der Waals surface area contributed by atoms with Crippen LogP contribution in [0, 0.1) is 17.1 Å². The molecule has 0 atom stereocenters. The number of rotatable bonds is 4. The van der Waals surface area contributed by atoms with Crippen LogP contribution in [-0.4, -0.2) is 4.57 Å². The molecule has 142 valence electrons. The van der Waals surface area contributed by atoms with Crippen LogP contribution in [0.4, 0.5) is 4.39 Å². The topological polar surface area (TPSA) is 28.7 Å². The molecule has 0 saturated carbocycles. The van der Waals surface area contributed by atoms with Gasteiger partial charge in [-0.3, -0.25) is 0 Å². The maximum atomic E-state index is 14.2. The Kier molecular flexibility index (Phi) is 5.40. The van der Waals surface area contributed by atoms with Crippen molar-refractivity contribution in [3.63, 3.8) is 0 Å². The second-order valence-electron chi connectivity index (χ2n) is 6.61. The van der Waals surface area contributed by atoms with E-state index in [2.05, 4.69) is 6.07 Å². The van der Waals surface area contributed by atoms with Crippen LogP contribution in [0.1, 0.15) is 16.7 Å². The van der Waals surface area contributed by atoms with E-state index >= 15 is 0 Å². The summed E-state index contributed by atoms with van der Waals surface area (Å²) in [5.41, 5.74) is 3.47. The highest BCUT2D eigenvalue weighted by molar-refractivity contribution is 6.36. The third kappa shape index (κ3) is 3.91. The third-order valence-electron chi connectivity index (χ3n) is 4.76. The molecule has 0 radical (unpaired) electrons. The number of hydrogen-bond donors (Lipinski definition) is 0.